The summed E-state index contributed by atoms with van der Waals surface area (Å²) < 4.78 is 1.66. The van der Waals surface area contributed by atoms with Crippen LogP contribution < -0.4 is 10.2 Å². The van der Waals surface area contributed by atoms with Crippen LogP contribution in [0.25, 0.3) is 0 Å². The maximum absolute atomic E-state index is 12.4. The summed E-state index contributed by atoms with van der Waals surface area (Å²) in [6.07, 6.45) is 8.49. The van der Waals surface area contributed by atoms with Gasteiger partial charge in [0.15, 0.2) is 0 Å². The highest BCUT2D eigenvalue weighted by Crippen LogP contribution is 2.20. The Morgan fingerprint density at radius 2 is 2.30 bits per heavy atom. The van der Waals surface area contributed by atoms with E-state index in [9.17, 15) is 9.59 Å². The lowest BCUT2D eigenvalue weighted by Gasteiger charge is -2.15. The van der Waals surface area contributed by atoms with Crippen molar-refractivity contribution >= 4 is 17.5 Å². The number of anilines is 1. The largest absolute Gasteiger partial charge is 0.344 e. The lowest BCUT2D eigenvalue weighted by molar-refractivity contribution is -0.126. The molecule has 0 aliphatic carbocycles. The zero-order valence-electron chi connectivity index (χ0n) is 13.0. The van der Waals surface area contributed by atoms with E-state index in [1.807, 2.05) is 19.2 Å². The molecule has 1 N–H and O–H groups in total. The summed E-state index contributed by atoms with van der Waals surface area (Å²) in [4.78, 5) is 30.1. The van der Waals surface area contributed by atoms with Gasteiger partial charge >= 0.3 is 0 Å². The fraction of sp³-hybridized carbons (Fsp3) is 0.375. The summed E-state index contributed by atoms with van der Waals surface area (Å²) in [5, 5.41) is 6.90. The number of rotatable bonds is 5. The van der Waals surface area contributed by atoms with Crippen LogP contribution in [0.1, 0.15) is 18.4 Å². The third kappa shape index (κ3) is 3.56. The van der Waals surface area contributed by atoms with E-state index in [2.05, 4.69) is 15.4 Å². The number of amides is 2. The van der Waals surface area contributed by atoms with E-state index in [4.69, 9.17) is 0 Å². The average Bonchev–Trinajstić information content (AvgIpc) is 3.13. The van der Waals surface area contributed by atoms with Crippen molar-refractivity contribution in [2.45, 2.75) is 25.3 Å². The van der Waals surface area contributed by atoms with Crippen molar-refractivity contribution in [2.24, 2.45) is 7.05 Å². The molecule has 7 nitrogen and oxygen atoms in total. The molecule has 3 heterocycles. The van der Waals surface area contributed by atoms with Gasteiger partial charge in [-0.05, 0) is 24.5 Å². The van der Waals surface area contributed by atoms with E-state index in [0.717, 1.165) is 11.3 Å². The molecule has 2 aromatic heterocycles. The Morgan fingerprint density at radius 3 is 3.00 bits per heavy atom. The van der Waals surface area contributed by atoms with Gasteiger partial charge in [0.05, 0.1) is 11.9 Å². The molecule has 7 heteroatoms. The molecular formula is C16H19N5O2. The van der Waals surface area contributed by atoms with Crippen LogP contribution in [0.5, 0.6) is 0 Å². The second-order valence-electron chi connectivity index (χ2n) is 5.63. The predicted octanol–water partition coefficient (Wildman–Crippen LogP) is 0.669. The maximum atomic E-state index is 12.4. The van der Waals surface area contributed by atoms with E-state index in [-0.39, 0.29) is 11.8 Å². The van der Waals surface area contributed by atoms with E-state index >= 15 is 0 Å². The first-order valence-electron chi connectivity index (χ1n) is 7.62. The molecule has 0 aromatic carbocycles. The normalized spacial score (nSPS) is 17.5. The second-order valence-corrected chi connectivity index (χ2v) is 5.63. The SMILES string of the molecule is Cn1cc(N2CC[C@H](NC(=O)CCc3cccnc3)C2=O)cn1. The minimum Gasteiger partial charge on any atom is -0.344 e. The number of nitrogens with zero attached hydrogens (tertiary/aromatic N) is 4. The third-order valence-electron chi connectivity index (χ3n) is 3.91. The predicted molar refractivity (Wildman–Crippen MR) is 84.7 cm³/mol. The van der Waals surface area contributed by atoms with Gasteiger partial charge in [0, 0.05) is 38.6 Å². The van der Waals surface area contributed by atoms with Crippen LogP contribution in [0.15, 0.2) is 36.9 Å². The lowest BCUT2D eigenvalue weighted by atomic mass is 10.1. The molecule has 3 rings (SSSR count). The van der Waals surface area contributed by atoms with Crippen LogP contribution in [0, 0.1) is 0 Å². The molecular weight excluding hydrogens is 294 g/mol. The van der Waals surface area contributed by atoms with Crippen LogP contribution in [0.2, 0.25) is 0 Å². The summed E-state index contributed by atoms with van der Waals surface area (Å²) >= 11 is 0. The molecule has 1 fully saturated rings. The van der Waals surface area contributed by atoms with Crippen LogP contribution in [0.3, 0.4) is 0 Å². The van der Waals surface area contributed by atoms with Gasteiger partial charge in [-0.15, -0.1) is 0 Å². The maximum Gasteiger partial charge on any atom is 0.249 e. The molecule has 2 amide bonds. The number of aryl methyl sites for hydroxylation is 2. The summed E-state index contributed by atoms with van der Waals surface area (Å²) in [5.41, 5.74) is 1.78. The zero-order valence-corrected chi connectivity index (χ0v) is 13.0. The molecule has 0 radical (unpaired) electrons. The number of pyridine rings is 1. The average molecular weight is 313 g/mol. The van der Waals surface area contributed by atoms with Crippen LogP contribution in [0.4, 0.5) is 5.69 Å². The Morgan fingerprint density at radius 1 is 1.43 bits per heavy atom. The monoisotopic (exact) mass is 313 g/mol. The van der Waals surface area contributed by atoms with Crippen molar-refractivity contribution in [1.82, 2.24) is 20.1 Å². The first-order chi connectivity index (χ1) is 11.1. The number of aromatic nitrogens is 3. The van der Waals surface area contributed by atoms with Gasteiger partial charge < -0.3 is 10.2 Å². The van der Waals surface area contributed by atoms with Gasteiger partial charge in [-0.1, -0.05) is 6.07 Å². The third-order valence-corrected chi connectivity index (χ3v) is 3.91. The fourth-order valence-electron chi connectivity index (χ4n) is 2.69. The Hall–Kier alpha value is -2.70. The second kappa shape index (κ2) is 6.60. The number of carbonyl (C=O) groups excluding carboxylic acids is 2. The molecule has 0 unspecified atom stereocenters. The summed E-state index contributed by atoms with van der Waals surface area (Å²) in [5.74, 6) is -0.187. The van der Waals surface area contributed by atoms with Crippen LogP contribution in [-0.4, -0.2) is 39.2 Å². The van der Waals surface area contributed by atoms with Crippen molar-refractivity contribution in [3.8, 4) is 0 Å². The highest BCUT2D eigenvalue weighted by molar-refractivity contribution is 6.01. The highest BCUT2D eigenvalue weighted by atomic mass is 16.2. The van der Waals surface area contributed by atoms with Crippen molar-refractivity contribution < 1.29 is 9.59 Å². The Kier molecular flexibility index (Phi) is 4.36. The minimum absolute atomic E-state index is 0.0762. The Bertz CT molecular complexity index is 698. The number of hydrogen-bond donors (Lipinski definition) is 1. The van der Waals surface area contributed by atoms with Gasteiger partial charge in [-0.3, -0.25) is 19.3 Å². The van der Waals surface area contributed by atoms with Crippen LogP contribution >= 0.6 is 0 Å². The molecule has 1 saturated heterocycles. The number of hydrogen-bond acceptors (Lipinski definition) is 4. The van der Waals surface area contributed by atoms with E-state index < -0.39 is 6.04 Å². The quantitative estimate of drug-likeness (QED) is 0.880. The minimum atomic E-state index is -0.448. The van der Waals surface area contributed by atoms with Gasteiger partial charge in [0.25, 0.3) is 0 Å². The van der Waals surface area contributed by atoms with Gasteiger partial charge in [0.2, 0.25) is 11.8 Å². The topological polar surface area (TPSA) is 80.1 Å². The first kappa shape index (κ1) is 15.2. The van der Waals surface area contributed by atoms with E-state index in [1.165, 1.54) is 0 Å². The molecule has 1 atom stereocenters. The van der Waals surface area contributed by atoms with Crippen molar-refractivity contribution in [2.75, 3.05) is 11.4 Å². The van der Waals surface area contributed by atoms with Crippen molar-refractivity contribution in [3.63, 3.8) is 0 Å². The van der Waals surface area contributed by atoms with Crippen LogP contribution in [-0.2, 0) is 23.1 Å². The molecule has 23 heavy (non-hydrogen) atoms. The molecule has 2 aromatic rings. The zero-order chi connectivity index (χ0) is 16.2. The standard InChI is InChI=1S/C16H19N5O2/c1-20-11-13(10-18-20)21-8-6-14(16(21)23)19-15(22)5-4-12-3-2-7-17-9-12/h2-3,7,9-11,14H,4-6,8H2,1H3,(H,19,22)/t14-/m0/s1. The Labute approximate surface area is 134 Å². The van der Waals surface area contributed by atoms with Crippen molar-refractivity contribution in [1.29, 1.82) is 0 Å². The molecule has 0 bridgehead atoms. The molecule has 1 aliphatic rings. The number of carbonyl (C=O) groups is 2. The van der Waals surface area contributed by atoms with Crippen molar-refractivity contribution in [3.05, 3.63) is 42.5 Å². The summed E-state index contributed by atoms with van der Waals surface area (Å²) in [6.45, 7) is 0.595. The molecule has 1 aliphatic heterocycles. The van der Waals surface area contributed by atoms with Gasteiger partial charge in [-0.2, -0.15) is 5.10 Å². The first-order valence-corrected chi connectivity index (χ1v) is 7.62. The van der Waals surface area contributed by atoms with Gasteiger partial charge in [0.1, 0.15) is 6.04 Å². The summed E-state index contributed by atoms with van der Waals surface area (Å²) in [7, 11) is 1.81. The van der Waals surface area contributed by atoms with Gasteiger partial charge in [-0.25, -0.2) is 0 Å². The fourth-order valence-corrected chi connectivity index (χ4v) is 2.69. The lowest BCUT2D eigenvalue weighted by Crippen LogP contribution is -2.41. The smallest absolute Gasteiger partial charge is 0.249 e. The number of nitrogens with one attached hydrogen (secondary N) is 1. The molecule has 0 saturated carbocycles. The molecule has 120 valence electrons. The Balaban J connectivity index is 1.52. The summed E-state index contributed by atoms with van der Waals surface area (Å²) in [6, 6.07) is 3.33. The highest BCUT2D eigenvalue weighted by Gasteiger charge is 2.33. The van der Waals surface area contributed by atoms with E-state index in [1.54, 1.807) is 34.4 Å². The molecule has 0 spiro atoms. The van der Waals surface area contributed by atoms with E-state index in [0.29, 0.717) is 25.8 Å².